The highest BCUT2D eigenvalue weighted by atomic mass is 79.9. The maximum atomic E-state index is 13.7. The summed E-state index contributed by atoms with van der Waals surface area (Å²) in [5.41, 5.74) is 0.649. The summed E-state index contributed by atoms with van der Waals surface area (Å²) in [4.78, 5) is 2.04. The van der Waals surface area contributed by atoms with Crippen molar-refractivity contribution in [2.75, 3.05) is 18.0 Å². The predicted molar refractivity (Wildman–Crippen MR) is 66.3 cm³/mol. The van der Waals surface area contributed by atoms with Gasteiger partial charge in [-0.05, 0) is 32.0 Å². The van der Waals surface area contributed by atoms with E-state index in [9.17, 15) is 4.39 Å². The molecule has 0 saturated carbocycles. The maximum Gasteiger partial charge on any atom is 0.146 e. The highest BCUT2D eigenvalue weighted by Gasteiger charge is 2.24. The molecule has 0 aromatic heterocycles. The van der Waals surface area contributed by atoms with E-state index in [2.05, 4.69) is 15.9 Å². The fourth-order valence-corrected chi connectivity index (χ4v) is 2.45. The summed E-state index contributed by atoms with van der Waals surface area (Å²) in [6.07, 6.45) is 0.282. The van der Waals surface area contributed by atoms with Crippen molar-refractivity contribution >= 4 is 21.6 Å². The number of morpholine rings is 1. The predicted octanol–water partition coefficient (Wildman–Crippen LogP) is 3.20. The molecule has 4 heteroatoms. The van der Waals surface area contributed by atoms with Gasteiger partial charge in [-0.3, -0.25) is 0 Å². The van der Waals surface area contributed by atoms with E-state index in [-0.39, 0.29) is 18.0 Å². The van der Waals surface area contributed by atoms with Gasteiger partial charge < -0.3 is 9.64 Å². The summed E-state index contributed by atoms with van der Waals surface area (Å²) in [6.45, 7) is 5.49. The maximum absolute atomic E-state index is 13.7. The Hall–Kier alpha value is -0.610. The number of halogens is 2. The van der Waals surface area contributed by atoms with Gasteiger partial charge in [0.1, 0.15) is 5.82 Å². The lowest BCUT2D eigenvalue weighted by molar-refractivity contribution is -0.00539. The smallest absolute Gasteiger partial charge is 0.146 e. The van der Waals surface area contributed by atoms with Crippen molar-refractivity contribution in [1.82, 2.24) is 0 Å². The minimum atomic E-state index is -0.176. The first-order valence-electron chi connectivity index (χ1n) is 5.41. The summed E-state index contributed by atoms with van der Waals surface area (Å²) in [5.74, 6) is -0.176. The highest BCUT2D eigenvalue weighted by Crippen LogP contribution is 2.26. The van der Waals surface area contributed by atoms with Crippen LogP contribution in [-0.4, -0.2) is 25.3 Å². The van der Waals surface area contributed by atoms with Gasteiger partial charge in [0.25, 0.3) is 0 Å². The van der Waals surface area contributed by atoms with Crippen LogP contribution in [0.25, 0.3) is 0 Å². The molecule has 0 bridgehead atoms. The van der Waals surface area contributed by atoms with E-state index >= 15 is 0 Å². The fraction of sp³-hybridized carbons (Fsp3) is 0.500. The molecule has 1 fully saturated rings. The molecule has 0 spiro atoms. The van der Waals surface area contributed by atoms with Gasteiger partial charge in [0.15, 0.2) is 0 Å². The Morgan fingerprint density at radius 2 is 1.94 bits per heavy atom. The van der Waals surface area contributed by atoms with Crippen molar-refractivity contribution in [1.29, 1.82) is 0 Å². The zero-order chi connectivity index (χ0) is 11.7. The number of rotatable bonds is 1. The molecule has 0 radical (unpaired) electrons. The normalized spacial score (nSPS) is 25.9. The van der Waals surface area contributed by atoms with Gasteiger partial charge in [0.05, 0.1) is 17.9 Å². The lowest BCUT2D eigenvalue weighted by Gasteiger charge is -2.37. The van der Waals surface area contributed by atoms with Crippen LogP contribution in [0.15, 0.2) is 22.7 Å². The average Bonchev–Trinajstić information content (AvgIpc) is 2.20. The first-order chi connectivity index (χ1) is 7.56. The van der Waals surface area contributed by atoms with E-state index in [0.29, 0.717) is 5.69 Å². The number of hydrogen-bond donors (Lipinski definition) is 0. The number of ether oxygens (including phenoxy) is 1. The molecule has 0 amide bonds. The monoisotopic (exact) mass is 287 g/mol. The van der Waals surface area contributed by atoms with E-state index in [1.807, 2.05) is 24.8 Å². The minimum absolute atomic E-state index is 0.141. The number of nitrogens with zero attached hydrogens (tertiary/aromatic N) is 1. The molecule has 1 aromatic rings. The quantitative estimate of drug-likeness (QED) is 0.787. The van der Waals surface area contributed by atoms with Crippen LogP contribution < -0.4 is 4.90 Å². The molecule has 88 valence electrons. The van der Waals surface area contributed by atoms with Crippen molar-refractivity contribution in [3.63, 3.8) is 0 Å². The Morgan fingerprint density at radius 3 is 2.56 bits per heavy atom. The molecule has 0 aliphatic carbocycles. The van der Waals surface area contributed by atoms with Crippen LogP contribution in [0.2, 0.25) is 0 Å². The Morgan fingerprint density at radius 1 is 1.31 bits per heavy atom. The van der Waals surface area contributed by atoms with Crippen molar-refractivity contribution < 1.29 is 9.13 Å². The topological polar surface area (TPSA) is 12.5 Å². The summed E-state index contributed by atoms with van der Waals surface area (Å²) < 4.78 is 20.2. The van der Waals surface area contributed by atoms with Gasteiger partial charge >= 0.3 is 0 Å². The molecular formula is C12H15BrFNO. The molecule has 2 unspecified atom stereocenters. The van der Waals surface area contributed by atoms with E-state index in [0.717, 1.165) is 17.6 Å². The number of anilines is 1. The Bertz CT molecular complexity index is 375. The molecule has 1 aromatic carbocycles. The standard InChI is InChI=1S/C12H15BrFNO/c1-8-6-15(7-9(2)16-8)12-5-10(13)3-4-11(12)14/h3-5,8-9H,6-7H2,1-2H3. The third kappa shape index (κ3) is 2.55. The van der Waals surface area contributed by atoms with Crippen molar-refractivity contribution in [2.45, 2.75) is 26.1 Å². The second-order valence-electron chi connectivity index (χ2n) is 4.26. The van der Waals surface area contributed by atoms with Crippen LogP contribution in [0, 0.1) is 5.82 Å². The van der Waals surface area contributed by atoms with Crippen molar-refractivity contribution in [2.24, 2.45) is 0 Å². The first-order valence-corrected chi connectivity index (χ1v) is 6.21. The van der Waals surface area contributed by atoms with E-state index < -0.39 is 0 Å². The molecule has 16 heavy (non-hydrogen) atoms. The van der Waals surface area contributed by atoms with Crippen LogP contribution >= 0.6 is 15.9 Å². The summed E-state index contributed by atoms with van der Waals surface area (Å²) >= 11 is 3.37. The van der Waals surface area contributed by atoms with Gasteiger partial charge in [-0.15, -0.1) is 0 Å². The van der Waals surface area contributed by atoms with Crippen molar-refractivity contribution in [3.05, 3.63) is 28.5 Å². The molecule has 0 N–H and O–H groups in total. The van der Waals surface area contributed by atoms with Gasteiger partial charge in [-0.25, -0.2) is 4.39 Å². The van der Waals surface area contributed by atoms with Crippen LogP contribution in [0.5, 0.6) is 0 Å². The van der Waals surface area contributed by atoms with E-state index in [1.165, 1.54) is 6.07 Å². The van der Waals surface area contributed by atoms with Gasteiger partial charge in [0, 0.05) is 17.6 Å². The third-order valence-electron chi connectivity index (χ3n) is 2.67. The molecule has 2 nitrogen and oxygen atoms in total. The Labute approximate surface area is 104 Å². The van der Waals surface area contributed by atoms with Crippen LogP contribution in [0.4, 0.5) is 10.1 Å². The van der Waals surface area contributed by atoms with E-state index in [1.54, 1.807) is 6.07 Å². The SMILES string of the molecule is CC1CN(c2cc(Br)ccc2F)CC(C)O1. The van der Waals surface area contributed by atoms with Crippen LogP contribution in [-0.2, 0) is 4.74 Å². The van der Waals surface area contributed by atoms with E-state index in [4.69, 9.17) is 4.74 Å². The third-order valence-corrected chi connectivity index (χ3v) is 3.16. The lowest BCUT2D eigenvalue weighted by atomic mass is 10.2. The second-order valence-corrected chi connectivity index (χ2v) is 5.17. The summed E-state index contributed by atoms with van der Waals surface area (Å²) in [5, 5.41) is 0. The molecular weight excluding hydrogens is 273 g/mol. The molecule has 2 atom stereocenters. The second kappa shape index (κ2) is 4.72. The van der Waals surface area contributed by atoms with Crippen molar-refractivity contribution in [3.8, 4) is 0 Å². The number of hydrogen-bond acceptors (Lipinski definition) is 2. The molecule has 1 aliphatic rings. The number of benzene rings is 1. The summed E-state index contributed by atoms with van der Waals surface area (Å²) in [7, 11) is 0. The minimum Gasteiger partial charge on any atom is -0.372 e. The fourth-order valence-electron chi connectivity index (χ4n) is 2.10. The van der Waals surface area contributed by atoms with Gasteiger partial charge in [0.2, 0.25) is 0 Å². The lowest BCUT2D eigenvalue weighted by Crippen LogP contribution is -2.45. The Balaban J connectivity index is 2.25. The average molecular weight is 288 g/mol. The first kappa shape index (κ1) is 11.9. The highest BCUT2D eigenvalue weighted by molar-refractivity contribution is 9.10. The molecule has 1 aliphatic heterocycles. The summed E-state index contributed by atoms with van der Waals surface area (Å²) in [6, 6.07) is 5.02. The largest absolute Gasteiger partial charge is 0.372 e. The van der Waals surface area contributed by atoms with Crippen LogP contribution in [0.1, 0.15) is 13.8 Å². The molecule has 1 saturated heterocycles. The molecule has 1 heterocycles. The molecule has 2 rings (SSSR count). The zero-order valence-electron chi connectivity index (χ0n) is 9.41. The zero-order valence-corrected chi connectivity index (χ0v) is 11.0. The Kier molecular flexibility index (Phi) is 3.50. The van der Waals surface area contributed by atoms with Gasteiger partial charge in [-0.2, -0.15) is 0 Å². The van der Waals surface area contributed by atoms with Crippen LogP contribution in [0.3, 0.4) is 0 Å². The van der Waals surface area contributed by atoms with Gasteiger partial charge in [-0.1, -0.05) is 15.9 Å².